The molecule has 8 nitrogen and oxygen atoms in total. The Labute approximate surface area is 169 Å². The van der Waals surface area contributed by atoms with Crippen LogP contribution in [0, 0.1) is 0 Å². The molecule has 8 heteroatoms. The predicted octanol–water partition coefficient (Wildman–Crippen LogP) is 1.40. The Hall–Kier alpha value is -3.13. The molecule has 0 radical (unpaired) electrons. The molecule has 152 valence electrons. The fourth-order valence-electron chi connectivity index (χ4n) is 3.84. The highest BCUT2D eigenvalue weighted by atomic mass is 16.3. The van der Waals surface area contributed by atoms with Gasteiger partial charge in [-0.2, -0.15) is 0 Å². The van der Waals surface area contributed by atoms with Gasteiger partial charge in [-0.25, -0.2) is 9.97 Å². The fourth-order valence-corrected chi connectivity index (χ4v) is 3.84. The third-order valence-electron chi connectivity index (χ3n) is 5.43. The molecule has 3 heterocycles. The second kappa shape index (κ2) is 7.71. The summed E-state index contributed by atoms with van der Waals surface area (Å²) in [6, 6.07) is 9.57. The number of fused-ring (bicyclic) bond motifs is 1. The van der Waals surface area contributed by atoms with Gasteiger partial charge in [0.15, 0.2) is 0 Å². The minimum atomic E-state index is -0.449. The number of hydrogen-bond acceptors (Lipinski definition) is 6. The summed E-state index contributed by atoms with van der Waals surface area (Å²) in [5.41, 5.74) is 1.72. The molecule has 1 aliphatic heterocycles. The van der Waals surface area contributed by atoms with Crippen LogP contribution >= 0.6 is 0 Å². The Bertz CT molecular complexity index is 1030. The molecule has 2 N–H and O–H groups in total. The lowest BCUT2D eigenvalue weighted by molar-refractivity contribution is 0.0950. The number of nitrogens with zero attached hydrogens (tertiary/aromatic N) is 5. The Kier molecular flexibility index (Phi) is 5.10. The van der Waals surface area contributed by atoms with Gasteiger partial charge in [-0.05, 0) is 30.7 Å². The first-order chi connectivity index (χ1) is 13.9. The van der Waals surface area contributed by atoms with E-state index in [0.29, 0.717) is 25.1 Å². The van der Waals surface area contributed by atoms with Crippen molar-refractivity contribution in [1.82, 2.24) is 19.9 Å². The van der Waals surface area contributed by atoms with E-state index in [2.05, 4.69) is 15.3 Å². The molecule has 1 aromatic carbocycles. The van der Waals surface area contributed by atoms with Gasteiger partial charge in [-0.1, -0.05) is 0 Å². The zero-order valence-corrected chi connectivity index (χ0v) is 16.9. The van der Waals surface area contributed by atoms with Gasteiger partial charge in [-0.3, -0.25) is 4.79 Å². The van der Waals surface area contributed by atoms with Crippen molar-refractivity contribution in [2.24, 2.45) is 7.05 Å². The van der Waals surface area contributed by atoms with Crippen molar-refractivity contribution >= 4 is 28.4 Å². The molecule has 4 rings (SSSR count). The highest BCUT2D eigenvalue weighted by Gasteiger charge is 2.32. The molecule has 0 unspecified atom stereocenters. The molecule has 1 aliphatic rings. The number of anilines is 2. The van der Waals surface area contributed by atoms with Gasteiger partial charge in [0.1, 0.15) is 18.0 Å². The summed E-state index contributed by atoms with van der Waals surface area (Å²) >= 11 is 0. The Morgan fingerprint density at radius 3 is 2.90 bits per heavy atom. The van der Waals surface area contributed by atoms with E-state index < -0.39 is 6.10 Å². The summed E-state index contributed by atoms with van der Waals surface area (Å²) in [5, 5.41) is 14.3. The van der Waals surface area contributed by atoms with Crippen LogP contribution in [0.4, 0.5) is 11.6 Å². The van der Waals surface area contributed by atoms with E-state index in [9.17, 15) is 9.90 Å². The molecule has 2 aromatic heterocycles. The first kappa shape index (κ1) is 19.2. The molecule has 2 atom stereocenters. The van der Waals surface area contributed by atoms with Crippen molar-refractivity contribution in [3.8, 4) is 0 Å². The number of nitrogens with one attached hydrogen (secondary N) is 1. The first-order valence-corrected chi connectivity index (χ1v) is 9.69. The maximum Gasteiger partial charge on any atom is 0.251 e. The minimum absolute atomic E-state index is 0.0284. The van der Waals surface area contributed by atoms with Crippen molar-refractivity contribution in [2.45, 2.75) is 18.6 Å². The van der Waals surface area contributed by atoms with Crippen molar-refractivity contribution in [3.05, 3.63) is 48.4 Å². The summed E-state index contributed by atoms with van der Waals surface area (Å²) in [7, 11) is 5.83. The molecule has 1 fully saturated rings. The predicted molar refractivity (Wildman–Crippen MR) is 113 cm³/mol. The minimum Gasteiger partial charge on any atom is -0.391 e. The van der Waals surface area contributed by atoms with Crippen LogP contribution in [0.1, 0.15) is 16.8 Å². The monoisotopic (exact) mass is 394 g/mol. The summed E-state index contributed by atoms with van der Waals surface area (Å²) in [6.45, 7) is 0.921. The average Bonchev–Trinajstić information content (AvgIpc) is 3.28. The van der Waals surface area contributed by atoms with Gasteiger partial charge >= 0.3 is 0 Å². The van der Waals surface area contributed by atoms with Crippen LogP contribution in [0.25, 0.3) is 10.9 Å². The van der Waals surface area contributed by atoms with Gasteiger partial charge < -0.3 is 24.8 Å². The number of rotatable bonds is 5. The largest absolute Gasteiger partial charge is 0.391 e. The molecule has 3 aromatic rings. The maximum absolute atomic E-state index is 12.7. The topological polar surface area (TPSA) is 86.5 Å². The van der Waals surface area contributed by atoms with Crippen molar-refractivity contribution < 1.29 is 9.90 Å². The average molecular weight is 394 g/mol. The molecule has 1 saturated heterocycles. The van der Waals surface area contributed by atoms with Gasteiger partial charge in [-0.15, -0.1) is 0 Å². The van der Waals surface area contributed by atoms with E-state index in [1.165, 1.54) is 6.33 Å². The van der Waals surface area contributed by atoms with Gasteiger partial charge in [0, 0.05) is 63.0 Å². The molecule has 0 spiro atoms. The molecule has 0 aliphatic carbocycles. The van der Waals surface area contributed by atoms with Gasteiger partial charge in [0.2, 0.25) is 0 Å². The third-order valence-corrected chi connectivity index (χ3v) is 5.43. The lowest BCUT2D eigenvalue weighted by atomic mass is 10.1. The number of aromatic nitrogens is 3. The van der Waals surface area contributed by atoms with E-state index in [1.807, 2.05) is 72.0 Å². The lowest BCUT2D eigenvalue weighted by Gasteiger charge is -2.26. The van der Waals surface area contributed by atoms with Crippen LogP contribution in [-0.2, 0) is 7.05 Å². The number of hydrogen-bond donors (Lipinski definition) is 2. The van der Waals surface area contributed by atoms with Crippen molar-refractivity contribution in [1.29, 1.82) is 0 Å². The van der Waals surface area contributed by atoms with Crippen LogP contribution < -0.4 is 15.1 Å². The van der Waals surface area contributed by atoms with Crippen LogP contribution in [-0.4, -0.2) is 64.9 Å². The van der Waals surface area contributed by atoms with Crippen LogP contribution in [0.5, 0.6) is 0 Å². The smallest absolute Gasteiger partial charge is 0.251 e. The Morgan fingerprint density at radius 1 is 1.28 bits per heavy atom. The number of carbonyl (C=O) groups is 1. The van der Waals surface area contributed by atoms with Crippen LogP contribution in [0.15, 0.2) is 42.9 Å². The summed E-state index contributed by atoms with van der Waals surface area (Å²) in [4.78, 5) is 25.3. The number of aliphatic hydroxyl groups excluding tert-OH is 1. The quantitative estimate of drug-likeness (QED) is 0.680. The number of aliphatic hydroxyl groups is 1. The highest BCUT2D eigenvalue weighted by molar-refractivity contribution is 5.98. The zero-order valence-electron chi connectivity index (χ0n) is 16.9. The second-order valence-corrected chi connectivity index (χ2v) is 7.73. The summed E-state index contributed by atoms with van der Waals surface area (Å²) in [5.74, 6) is 1.44. The fraction of sp³-hybridized carbons (Fsp3) is 0.381. The number of amides is 1. The van der Waals surface area contributed by atoms with E-state index in [-0.39, 0.29) is 11.9 Å². The maximum atomic E-state index is 12.7. The van der Waals surface area contributed by atoms with Crippen LogP contribution in [0.3, 0.4) is 0 Å². The zero-order chi connectivity index (χ0) is 20.5. The summed E-state index contributed by atoms with van der Waals surface area (Å²) in [6.07, 6.45) is 3.64. The van der Waals surface area contributed by atoms with Crippen molar-refractivity contribution in [2.75, 3.05) is 37.0 Å². The Morgan fingerprint density at radius 2 is 2.10 bits per heavy atom. The third kappa shape index (κ3) is 3.88. The van der Waals surface area contributed by atoms with E-state index in [4.69, 9.17) is 0 Å². The number of carbonyl (C=O) groups excluding carboxylic acids is 1. The number of β-amino-alcohol motifs (C(OH)–C–C–N with tert-alkyl or cyclic N) is 1. The molecular formula is C21H26N6O2. The van der Waals surface area contributed by atoms with Crippen molar-refractivity contribution in [3.63, 3.8) is 0 Å². The van der Waals surface area contributed by atoms with Gasteiger partial charge in [0.25, 0.3) is 5.91 Å². The molecule has 29 heavy (non-hydrogen) atoms. The standard InChI is InChI=1S/C21H26N6O2/c1-25(2)19-10-20(24-13-23-19)27-12-17(28)9-16(27)11-22-21(29)15-4-5-18-14(8-15)6-7-26(18)3/h4-8,10,13,16-17,28H,9,11-12H2,1-3H3,(H,22,29)/t16-,17-/m1/s1. The molecule has 0 saturated carbocycles. The van der Waals surface area contributed by atoms with E-state index in [0.717, 1.165) is 22.5 Å². The lowest BCUT2D eigenvalue weighted by Crippen LogP contribution is -2.40. The van der Waals surface area contributed by atoms with E-state index in [1.54, 1.807) is 0 Å². The number of aryl methyl sites for hydroxylation is 1. The Balaban J connectivity index is 1.47. The normalized spacial score (nSPS) is 19.0. The molecule has 1 amide bonds. The molecule has 0 bridgehead atoms. The van der Waals surface area contributed by atoms with Crippen LogP contribution in [0.2, 0.25) is 0 Å². The number of benzene rings is 1. The second-order valence-electron chi connectivity index (χ2n) is 7.73. The first-order valence-electron chi connectivity index (χ1n) is 9.69. The summed E-state index contributed by atoms with van der Waals surface area (Å²) < 4.78 is 2.03. The molecular weight excluding hydrogens is 368 g/mol. The van der Waals surface area contributed by atoms with E-state index >= 15 is 0 Å². The van der Waals surface area contributed by atoms with Gasteiger partial charge in [0.05, 0.1) is 12.1 Å². The SMILES string of the molecule is CN(C)c1cc(N2C[C@H](O)C[C@@H]2CNC(=O)c2ccc3c(ccn3C)c2)ncn1. The highest BCUT2D eigenvalue weighted by Crippen LogP contribution is 2.25.